The van der Waals surface area contributed by atoms with Crippen LogP contribution in [0.15, 0.2) is 23.1 Å². The zero-order chi connectivity index (χ0) is 14.9. The first-order valence-electron chi connectivity index (χ1n) is 6.40. The number of hydrogen-bond acceptors (Lipinski definition) is 4. The van der Waals surface area contributed by atoms with Crippen molar-refractivity contribution in [2.24, 2.45) is 5.14 Å². The molecule has 1 heterocycles. The zero-order valence-corrected chi connectivity index (χ0v) is 12.0. The number of anilines is 1. The molecule has 1 aromatic rings. The number of piperidine rings is 1. The normalized spacial score (nSPS) is 19.9. The van der Waals surface area contributed by atoms with Crippen LogP contribution >= 0.6 is 0 Å². The van der Waals surface area contributed by atoms with Crippen molar-refractivity contribution in [3.05, 3.63) is 24.0 Å². The molecule has 0 radical (unpaired) electrons. The van der Waals surface area contributed by atoms with Crippen LogP contribution in [0.5, 0.6) is 0 Å². The second-order valence-corrected chi connectivity index (χ2v) is 6.54. The molecule has 0 spiro atoms. The fraction of sp³-hybridized carbons (Fsp3) is 0.462. The summed E-state index contributed by atoms with van der Waals surface area (Å²) in [4.78, 5) is 13.1. The standard InChI is InChI=1S/C13H17FN2O3S/c1-9(17)12-4-2-3-7-16(12)13-6-5-10(8-11(13)14)20(15,18)19/h5-6,8,12H,2-4,7H2,1H3,(H2,15,18,19). The second kappa shape index (κ2) is 5.49. The largest absolute Gasteiger partial charge is 0.359 e. The molecule has 7 heteroatoms. The minimum Gasteiger partial charge on any atom is -0.359 e. The summed E-state index contributed by atoms with van der Waals surface area (Å²) in [6.07, 6.45) is 2.49. The van der Waals surface area contributed by atoms with E-state index in [0.29, 0.717) is 13.0 Å². The summed E-state index contributed by atoms with van der Waals surface area (Å²) in [6, 6.07) is 3.19. The van der Waals surface area contributed by atoms with Crippen LogP contribution in [0, 0.1) is 5.82 Å². The molecule has 110 valence electrons. The number of Topliss-reactive ketones (excluding diaryl/α,β-unsaturated/α-hetero) is 1. The highest BCUT2D eigenvalue weighted by Gasteiger charge is 2.28. The first kappa shape index (κ1) is 14.9. The van der Waals surface area contributed by atoms with Crippen LogP contribution in [0.4, 0.5) is 10.1 Å². The number of hydrogen-bond donors (Lipinski definition) is 1. The Bertz CT molecular complexity index is 631. The highest BCUT2D eigenvalue weighted by Crippen LogP contribution is 2.29. The summed E-state index contributed by atoms with van der Waals surface area (Å²) >= 11 is 0. The first-order chi connectivity index (χ1) is 9.30. The lowest BCUT2D eigenvalue weighted by Gasteiger charge is -2.36. The summed E-state index contributed by atoms with van der Waals surface area (Å²) in [5.74, 6) is -0.690. The second-order valence-electron chi connectivity index (χ2n) is 4.97. The van der Waals surface area contributed by atoms with E-state index in [4.69, 9.17) is 5.14 Å². The lowest BCUT2D eigenvalue weighted by Crippen LogP contribution is -2.44. The molecule has 1 aromatic carbocycles. The molecule has 1 aliphatic heterocycles. The Labute approximate surface area is 117 Å². The van der Waals surface area contributed by atoms with E-state index in [1.807, 2.05) is 0 Å². The molecule has 20 heavy (non-hydrogen) atoms. The van der Waals surface area contributed by atoms with Gasteiger partial charge in [-0.3, -0.25) is 4.79 Å². The Morgan fingerprint density at radius 3 is 2.65 bits per heavy atom. The third kappa shape index (κ3) is 2.99. The molecule has 0 saturated carbocycles. The monoisotopic (exact) mass is 300 g/mol. The summed E-state index contributed by atoms with van der Waals surface area (Å²) in [5, 5.41) is 4.97. The van der Waals surface area contributed by atoms with Crippen LogP contribution in [0.3, 0.4) is 0 Å². The van der Waals surface area contributed by atoms with Crippen LogP contribution in [-0.2, 0) is 14.8 Å². The minimum absolute atomic E-state index is 0.0142. The van der Waals surface area contributed by atoms with Crippen molar-refractivity contribution in [3.63, 3.8) is 0 Å². The van der Waals surface area contributed by atoms with Gasteiger partial charge in [-0.15, -0.1) is 0 Å². The van der Waals surface area contributed by atoms with Gasteiger partial charge >= 0.3 is 0 Å². The molecule has 5 nitrogen and oxygen atoms in total. The molecule has 0 aliphatic carbocycles. The summed E-state index contributed by atoms with van der Waals surface area (Å²) in [6.45, 7) is 2.06. The molecule has 0 aromatic heterocycles. The number of halogens is 1. The van der Waals surface area contributed by atoms with Crippen molar-refractivity contribution >= 4 is 21.5 Å². The molecule has 2 rings (SSSR count). The molecule has 0 bridgehead atoms. The Hall–Kier alpha value is -1.47. The molecular weight excluding hydrogens is 283 g/mol. The van der Waals surface area contributed by atoms with Crippen molar-refractivity contribution in [2.75, 3.05) is 11.4 Å². The molecule has 1 saturated heterocycles. The number of carbonyl (C=O) groups excluding carboxylic acids is 1. The first-order valence-corrected chi connectivity index (χ1v) is 7.95. The topological polar surface area (TPSA) is 80.5 Å². The summed E-state index contributed by atoms with van der Waals surface area (Å²) in [5.41, 5.74) is 0.248. The average molecular weight is 300 g/mol. The van der Waals surface area contributed by atoms with Gasteiger partial charge in [0.25, 0.3) is 0 Å². The van der Waals surface area contributed by atoms with Crippen LogP contribution in [0.1, 0.15) is 26.2 Å². The Balaban J connectivity index is 2.39. The summed E-state index contributed by atoms with van der Waals surface area (Å²) in [7, 11) is -3.93. The Morgan fingerprint density at radius 2 is 2.10 bits per heavy atom. The van der Waals surface area contributed by atoms with Gasteiger partial charge in [0.2, 0.25) is 10.0 Å². The van der Waals surface area contributed by atoms with Crippen molar-refractivity contribution in [1.82, 2.24) is 0 Å². The van der Waals surface area contributed by atoms with E-state index in [1.165, 1.54) is 19.1 Å². The van der Waals surface area contributed by atoms with Gasteiger partial charge < -0.3 is 4.90 Å². The van der Waals surface area contributed by atoms with Crippen molar-refractivity contribution in [2.45, 2.75) is 37.1 Å². The Kier molecular flexibility index (Phi) is 4.10. The van der Waals surface area contributed by atoms with Crippen molar-refractivity contribution < 1.29 is 17.6 Å². The van der Waals surface area contributed by atoms with E-state index in [-0.39, 0.29) is 22.4 Å². The fourth-order valence-electron chi connectivity index (χ4n) is 2.54. The molecule has 2 N–H and O–H groups in total. The minimum atomic E-state index is -3.93. The number of nitrogens with zero attached hydrogens (tertiary/aromatic N) is 1. The molecule has 1 atom stereocenters. The van der Waals surface area contributed by atoms with E-state index in [0.717, 1.165) is 18.9 Å². The van der Waals surface area contributed by atoms with Gasteiger partial charge in [0, 0.05) is 6.54 Å². The van der Waals surface area contributed by atoms with Crippen LogP contribution in [0.25, 0.3) is 0 Å². The van der Waals surface area contributed by atoms with E-state index >= 15 is 0 Å². The van der Waals surface area contributed by atoms with Crippen LogP contribution in [-0.4, -0.2) is 26.8 Å². The Morgan fingerprint density at radius 1 is 1.40 bits per heavy atom. The average Bonchev–Trinajstić information content (AvgIpc) is 2.37. The van der Waals surface area contributed by atoms with Gasteiger partial charge in [0.15, 0.2) is 5.78 Å². The van der Waals surface area contributed by atoms with Crippen LogP contribution in [0.2, 0.25) is 0 Å². The molecule has 1 fully saturated rings. The lowest BCUT2D eigenvalue weighted by atomic mass is 9.98. The number of carbonyl (C=O) groups is 1. The number of primary sulfonamides is 1. The van der Waals surface area contributed by atoms with E-state index in [9.17, 15) is 17.6 Å². The predicted octanol–water partition coefficient (Wildman–Crippen LogP) is 1.42. The lowest BCUT2D eigenvalue weighted by molar-refractivity contribution is -0.118. The van der Waals surface area contributed by atoms with E-state index in [2.05, 4.69) is 0 Å². The maximum Gasteiger partial charge on any atom is 0.238 e. The van der Waals surface area contributed by atoms with E-state index in [1.54, 1.807) is 4.90 Å². The third-order valence-corrected chi connectivity index (χ3v) is 4.44. The number of rotatable bonds is 3. The van der Waals surface area contributed by atoms with Gasteiger partial charge in [-0.2, -0.15) is 0 Å². The molecular formula is C13H17FN2O3S. The van der Waals surface area contributed by atoms with Gasteiger partial charge in [-0.05, 0) is 44.4 Å². The number of ketones is 1. The number of sulfonamides is 1. The highest BCUT2D eigenvalue weighted by molar-refractivity contribution is 7.89. The third-order valence-electron chi connectivity index (χ3n) is 3.53. The van der Waals surface area contributed by atoms with Gasteiger partial charge in [0.05, 0.1) is 16.6 Å². The number of benzene rings is 1. The van der Waals surface area contributed by atoms with Gasteiger partial charge in [-0.25, -0.2) is 17.9 Å². The predicted molar refractivity (Wildman–Crippen MR) is 73.4 cm³/mol. The number of nitrogens with two attached hydrogens (primary N) is 1. The highest BCUT2D eigenvalue weighted by atomic mass is 32.2. The van der Waals surface area contributed by atoms with Gasteiger partial charge in [0.1, 0.15) is 5.82 Å². The van der Waals surface area contributed by atoms with Crippen LogP contribution < -0.4 is 10.0 Å². The smallest absolute Gasteiger partial charge is 0.238 e. The summed E-state index contributed by atoms with van der Waals surface area (Å²) < 4.78 is 36.5. The fourth-order valence-corrected chi connectivity index (χ4v) is 3.07. The molecule has 0 amide bonds. The molecule has 1 aliphatic rings. The van der Waals surface area contributed by atoms with Crippen molar-refractivity contribution in [1.29, 1.82) is 0 Å². The van der Waals surface area contributed by atoms with E-state index < -0.39 is 15.8 Å². The maximum absolute atomic E-state index is 14.1. The SMILES string of the molecule is CC(=O)C1CCCCN1c1ccc(S(N)(=O)=O)cc1F. The molecule has 1 unspecified atom stereocenters. The zero-order valence-electron chi connectivity index (χ0n) is 11.2. The maximum atomic E-state index is 14.1. The van der Waals surface area contributed by atoms with Crippen molar-refractivity contribution in [3.8, 4) is 0 Å². The van der Waals surface area contributed by atoms with Gasteiger partial charge in [-0.1, -0.05) is 0 Å². The quantitative estimate of drug-likeness (QED) is 0.915.